The molecular formula is C19H27Cl2N3O2. The van der Waals surface area contributed by atoms with Gasteiger partial charge in [0.2, 0.25) is 5.91 Å². The number of benzene rings is 1. The molecule has 0 radical (unpaired) electrons. The maximum Gasteiger partial charge on any atom is 0.251 e. The van der Waals surface area contributed by atoms with Gasteiger partial charge in [0, 0.05) is 28.7 Å². The number of halogens is 2. The maximum absolute atomic E-state index is 12.7. The van der Waals surface area contributed by atoms with Gasteiger partial charge in [-0.25, -0.2) is 0 Å². The molecule has 2 aliphatic rings. The van der Waals surface area contributed by atoms with Crippen molar-refractivity contribution in [2.75, 3.05) is 0 Å². The first-order valence-electron chi connectivity index (χ1n) is 9.05. The normalized spacial score (nSPS) is 25.3. The van der Waals surface area contributed by atoms with E-state index in [0.29, 0.717) is 22.7 Å². The molecule has 1 aromatic carbocycles. The third-order valence-electron chi connectivity index (χ3n) is 5.16. The molecule has 0 spiro atoms. The third kappa shape index (κ3) is 5.12. The van der Waals surface area contributed by atoms with Crippen LogP contribution < -0.4 is 16.0 Å². The zero-order valence-electron chi connectivity index (χ0n) is 15.1. The number of amides is 2. The van der Waals surface area contributed by atoms with Crippen LogP contribution in [0.5, 0.6) is 0 Å². The van der Waals surface area contributed by atoms with Crippen molar-refractivity contribution in [2.24, 2.45) is 5.92 Å². The van der Waals surface area contributed by atoms with E-state index in [1.807, 2.05) is 13.8 Å². The molecule has 2 bridgehead atoms. The summed E-state index contributed by atoms with van der Waals surface area (Å²) in [5.74, 6) is -0.339. The van der Waals surface area contributed by atoms with Crippen molar-refractivity contribution in [3.8, 4) is 0 Å². The molecule has 3 N–H and O–H groups in total. The number of carbonyl (C=O) groups excluding carboxylic acids is 2. The quantitative estimate of drug-likeness (QED) is 0.712. The predicted molar refractivity (Wildman–Crippen MR) is 106 cm³/mol. The molecule has 26 heavy (non-hydrogen) atoms. The highest BCUT2D eigenvalue weighted by atomic mass is 35.5. The van der Waals surface area contributed by atoms with E-state index in [0.717, 1.165) is 12.8 Å². The van der Waals surface area contributed by atoms with Crippen LogP contribution >= 0.6 is 24.0 Å². The number of nitrogens with one attached hydrogen (secondary N) is 3. The lowest BCUT2D eigenvalue weighted by Crippen LogP contribution is -2.55. The van der Waals surface area contributed by atoms with Crippen LogP contribution in [0.4, 0.5) is 0 Å². The Morgan fingerprint density at radius 2 is 1.69 bits per heavy atom. The average Bonchev–Trinajstić information content (AvgIpc) is 2.91. The van der Waals surface area contributed by atoms with Crippen molar-refractivity contribution >= 4 is 35.8 Å². The summed E-state index contributed by atoms with van der Waals surface area (Å²) < 4.78 is 0. The molecule has 2 saturated heterocycles. The predicted octanol–water partition coefficient (Wildman–Crippen LogP) is 2.92. The second-order valence-corrected chi connectivity index (χ2v) is 7.95. The number of piperidine rings is 1. The van der Waals surface area contributed by atoms with Gasteiger partial charge >= 0.3 is 0 Å². The van der Waals surface area contributed by atoms with Gasteiger partial charge in [0.05, 0.1) is 0 Å². The lowest BCUT2D eigenvalue weighted by Gasteiger charge is -2.31. The summed E-state index contributed by atoms with van der Waals surface area (Å²) in [6.45, 7) is 3.89. The topological polar surface area (TPSA) is 70.2 Å². The van der Waals surface area contributed by atoms with Gasteiger partial charge in [0.25, 0.3) is 5.91 Å². The van der Waals surface area contributed by atoms with E-state index in [1.165, 1.54) is 12.8 Å². The summed E-state index contributed by atoms with van der Waals surface area (Å²) in [5, 5.41) is 10.2. The van der Waals surface area contributed by atoms with Crippen molar-refractivity contribution in [1.82, 2.24) is 16.0 Å². The van der Waals surface area contributed by atoms with Crippen molar-refractivity contribution < 1.29 is 9.59 Å². The highest BCUT2D eigenvalue weighted by Crippen LogP contribution is 2.26. The smallest absolute Gasteiger partial charge is 0.251 e. The molecule has 3 rings (SSSR count). The number of carbonyl (C=O) groups is 2. The van der Waals surface area contributed by atoms with Crippen LogP contribution in [0.25, 0.3) is 0 Å². The Bertz CT molecular complexity index is 624. The monoisotopic (exact) mass is 399 g/mol. The van der Waals surface area contributed by atoms with E-state index < -0.39 is 6.04 Å². The lowest BCUT2D eigenvalue weighted by atomic mass is 9.97. The molecule has 3 unspecified atom stereocenters. The Balaban J connectivity index is 0.00000243. The molecule has 0 aliphatic carbocycles. The first-order valence-corrected chi connectivity index (χ1v) is 9.43. The minimum atomic E-state index is -0.546. The summed E-state index contributed by atoms with van der Waals surface area (Å²) in [7, 11) is 0. The van der Waals surface area contributed by atoms with E-state index in [2.05, 4.69) is 16.0 Å². The first-order chi connectivity index (χ1) is 11.9. The molecule has 2 amide bonds. The second kappa shape index (κ2) is 9.07. The SMILES string of the molecule is CC(C)C(NC(=O)c1ccc(Cl)cc1)C(=O)NC1CC2CCC(C1)N2.Cl. The molecular weight excluding hydrogens is 373 g/mol. The van der Waals surface area contributed by atoms with Crippen molar-refractivity contribution in [3.05, 3.63) is 34.9 Å². The minimum absolute atomic E-state index is 0. The minimum Gasteiger partial charge on any atom is -0.351 e. The molecule has 2 heterocycles. The van der Waals surface area contributed by atoms with E-state index >= 15 is 0 Å². The van der Waals surface area contributed by atoms with E-state index in [-0.39, 0.29) is 36.2 Å². The number of rotatable bonds is 5. The standard InChI is InChI=1S/C19H26ClN3O2.ClH/c1-11(2)17(23-18(24)12-3-5-13(20)6-4-12)19(25)22-16-9-14-7-8-15(10-16)21-14;/h3-6,11,14-17,21H,7-10H2,1-2H3,(H,22,25)(H,23,24);1H. The van der Waals surface area contributed by atoms with Crippen LogP contribution in [0, 0.1) is 5.92 Å². The Hall–Kier alpha value is -1.30. The molecule has 5 nitrogen and oxygen atoms in total. The van der Waals surface area contributed by atoms with Crippen molar-refractivity contribution in [3.63, 3.8) is 0 Å². The van der Waals surface area contributed by atoms with Gasteiger partial charge in [-0.1, -0.05) is 25.4 Å². The fourth-order valence-electron chi connectivity index (χ4n) is 3.83. The average molecular weight is 400 g/mol. The summed E-state index contributed by atoms with van der Waals surface area (Å²) >= 11 is 5.86. The summed E-state index contributed by atoms with van der Waals surface area (Å²) in [5.41, 5.74) is 0.503. The molecule has 2 aliphatic heterocycles. The Labute approximate surface area is 166 Å². The lowest BCUT2D eigenvalue weighted by molar-refractivity contribution is -0.124. The zero-order valence-corrected chi connectivity index (χ0v) is 16.7. The van der Waals surface area contributed by atoms with Gasteiger partial charge in [-0.05, 0) is 55.9 Å². The van der Waals surface area contributed by atoms with Crippen LogP contribution in [0.1, 0.15) is 49.9 Å². The molecule has 144 valence electrons. The summed E-state index contributed by atoms with van der Waals surface area (Å²) in [6, 6.07) is 7.36. The van der Waals surface area contributed by atoms with E-state index in [1.54, 1.807) is 24.3 Å². The van der Waals surface area contributed by atoms with Crippen LogP contribution in [0.15, 0.2) is 24.3 Å². The number of hydrogen-bond acceptors (Lipinski definition) is 3. The molecule has 0 aromatic heterocycles. The van der Waals surface area contributed by atoms with Gasteiger partial charge in [0.1, 0.15) is 6.04 Å². The van der Waals surface area contributed by atoms with Gasteiger partial charge in [-0.15, -0.1) is 12.4 Å². The highest BCUT2D eigenvalue weighted by molar-refractivity contribution is 6.30. The van der Waals surface area contributed by atoms with Crippen molar-refractivity contribution in [1.29, 1.82) is 0 Å². The van der Waals surface area contributed by atoms with Crippen LogP contribution in [-0.4, -0.2) is 36.0 Å². The Kier molecular flexibility index (Phi) is 7.33. The van der Waals surface area contributed by atoms with E-state index in [9.17, 15) is 9.59 Å². The maximum atomic E-state index is 12.7. The molecule has 0 saturated carbocycles. The second-order valence-electron chi connectivity index (χ2n) is 7.52. The number of hydrogen-bond donors (Lipinski definition) is 3. The van der Waals surface area contributed by atoms with Crippen LogP contribution in [0.3, 0.4) is 0 Å². The Morgan fingerprint density at radius 1 is 1.12 bits per heavy atom. The van der Waals surface area contributed by atoms with Crippen LogP contribution in [0.2, 0.25) is 5.02 Å². The third-order valence-corrected chi connectivity index (χ3v) is 5.41. The first kappa shape index (κ1) is 21.0. The van der Waals surface area contributed by atoms with Crippen molar-refractivity contribution in [2.45, 2.75) is 63.7 Å². The molecule has 1 aromatic rings. The van der Waals surface area contributed by atoms with Gasteiger partial charge in [-0.2, -0.15) is 0 Å². The molecule has 2 fully saturated rings. The van der Waals surface area contributed by atoms with Gasteiger partial charge in [0.15, 0.2) is 0 Å². The van der Waals surface area contributed by atoms with Crippen LogP contribution in [-0.2, 0) is 4.79 Å². The summed E-state index contributed by atoms with van der Waals surface area (Å²) in [6.07, 6.45) is 4.33. The Morgan fingerprint density at radius 3 is 2.23 bits per heavy atom. The largest absolute Gasteiger partial charge is 0.351 e. The zero-order chi connectivity index (χ0) is 18.0. The fraction of sp³-hybridized carbons (Fsp3) is 0.579. The molecule has 3 atom stereocenters. The summed E-state index contributed by atoms with van der Waals surface area (Å²) in [4.78, 5) is 25.2. The van der Waals surface area contributed by atoms with Gasteiger partial charge < -0.3 is 16.0 Å². The number of fused-ring (bicyclic) bond motifs is 2. The fourth-order valence-corrected chi connectivity index (χ4v) is 3.95. The van der Waals surface area contributed by atoms with E-state index in [4.69, 9.17) is 11.6 Å². The highest BCUT2D eigenvalue weighted by Gasteiger charge is 2.35. The molecule has 7 heteroatoms. The van der Waals surface area contributed by atoms with Gasteiger partial charge in [-0.3, -0.25) is 9.59 Å².